The molecule has 6 heteroatoms. The van der Waals surface area contributed by atoms with E-state index < -0.39 is 12.1 Å². The van der Waals surface area contributed by atoms with Crippen molar-refractivity contribution in [3.8, 4) is 0 Å². The highest BCUT2D eigenvalue weighted by atomic mass is 16.5. The topological polar surface area (TPSA) is 78.9 Å². The van der Waals surface area contributed by atoms with Crippen LogP contribution < -0.4 is 5.32 Å². The van der Waals surface area contributed by atoms with Gasteiger partial charge >= 0.3 is 12.1 Å². The number of hydrogen-bond donors (Lipinski definition) is 2. The van der Waals surface area contributed by atoms with Crippen LogP contribution in [0.2, 0.25) is 0 Å². The van der Waals surface area contributed by atoms with Crippen LogP contribution in [0.15, 0.2) is 0 Å². The number of piperidine rings is 1. The first-order valence-electron chi connectivity index (χ1n) is 6.85. The lowest BCUT2D eigenvalue weighted by atomic mass is 9.91. The fraction of sp³-hybridized carbons (Fsp3) is 0.846. The Morgan fingerprint density at radius 3 is 2.63 bits per heavy atom. The van der Waals surface area contributed by atoms with Crippen LogP contribution in [0.1, 0.15) is 25.7 Å². The van der Waals surface area contributed by atoms with E-state index in [1.54, 1.807) is 0 Å². The maximum atomic E-state index is 11.3. The number of carbonyl (C=O) groups is 2. The number of nitrogens with zero attached hydrogens (tertiary/aromatic N) is 1. The summed E-state index contributed by atoms with van der Waals surface area (Å²) in [7, 11) is 1.34. The molecular formula is C13H22N2O4. The Bertz CT molecular complexity index is 344. The number of alkyl carbamates (subject to hydrolysis) is 1. The van der Waals surface area contributed by atoms with E-state index >= 15 is 0 Å². The number of aliphatic carboxylic acids is 1. The van der Waals surface area contributed by atoms with Gasteiger partial charge < -0.3 is 20.1 Å². The van der Waals surface area contributed by atoms with Crippen molar-refractivity contribution in [3.63, 3.8) is 0 Å². The van der Waals surface area contributed by atoms with Crippen LogP contribution in [0.3, 0.4) is 0 Å². The molecule has 1 saturated carbocycles. The molecule has 108 valence electrons. The van der Waals surface area contributed by atoms with E-state index in [9.17, 15) is 9.59 Å². The van der Waals surface area contributed by atoms with Gasteiger partial charge in [0.1, 0.15) is 0 Å². The minimum atomic E-state index is -0.768. The lowest BCUT2D eigenvalue weighted by Crippen LogP contribution is -2.51. The van der Waals surface area contributed by atoms with Gasteiger partial charge in [-0.3, -0.25) is 4.79 Å². The third-order valence-corrected chi connectivity index (χ3v) is 3.80. The number of rotatable bonds is 5. The lowest BCUT2D eigenvalue weighted by Gasteiger charge is -2.37. The molecule has 0 aromatic rings. The van der Waals surface area contributed by atoms with Gasteiger partial charge in [0.15, 0.2) is 0 Å². The normalized spacial score (nSPS) is 27.8. The molecular weight excluding hydrogens is 248 g/mol. The molecule has 0 bridgehead atoms. The molecule has 6 nitrogen and oxygen atoms in total. The number of carboxylic acid groups (broad SMARTS) is 1. The van der Waals surface area contributed by atoms with E-state index in [0.717, 1.165) is 25.6 Å². The molecule has 2 N–H and O–H groups in total. The van der Waals surface area contributed by atoms with Crippen LogP contribution in [-0.2, 0) is 9.53 Å². The number of methoxy groups -OCH3 is 1. The zero-order chi connectivity index (χ0) is 13.8. The summed E-state index contributed by atoms with van der Waals surface area (Å²) in [4.78, 5) is 24.4. The Labute approximate surface area is 113 Å². The molecule has 0 aromatic carbocycles. The monoisotopic (exact) mass is 270 g/mol. The van der Waals surface area contributed by atoms with Crippen LogP contribution in [0.4, 0.5) is 4.79 Å². The number of amides is 1. The van der Waals surface area contributed by atoms with E-state index in [-0.39, 0.29) is 18.4 Å². The molecule has 1 aliphatic carbocycles. The standard InChI is InChI=1S/C13H22N2O4/c1-19-13(18)14-11-4-10(5-12(16)17)7-15(8-11)6-9-2-3-9/h9-11H,2-8H2,1H3,(H,14,18)(H,16,17). The highest BCUT2D eigenvalue weighted by Crippen LogP contribution is 2.31. The summed E-state index contributed by atoms with van der Waals surface area (Å²) in [6.45, 7) is 2.64. The van der Waals surface area contributed by atoms with Crippen molar-refractivity contribution in [2.45, 2.75) is 31.7 Å². The van der Waals surface area contributed by atoms with Gasteiger partial charge in [-0.05, 0) is 31.1 Å². The molecule has 19 heavy (non-hydrogen) atoms. The molecule has 1 aliphatic heterocycles. The fourth-order valence-corrected chi connectivity index (χ4v) is 2.84. The Kier molecular flexibility index (Phi) is 4.63. The number of ether oxygens (including phenoxy) is 1. The zero-order valence-electron chi connectivity index (χ0n) is 11.3. The summed E-state index contributed by atoms with van der Waals surface area (Å²) in [6.07, 6.45) is 2.99. The molecule has 2 unspecified atom stereocenters. The molecule has 0 radical (unpaired) electrons. The van der Waals surface area contributed by atoms with Gasteiger partial charge in [0.2, 0.25) is 0 Å². The minimum Gasteiger partial charge on any atom is -0.481 e. The summed E-state index contributed by atoms with van der Waals surface area (Å²) in [5.74, 6) is 0.101. The second-order valence-corrected chi connectivity index (χ2v) is 5.69. The van der Waals surface area contributed by atoms with Gasteiger partial charge in [-0.1, -0.05) is 0 Å². The Morgan fingerprint density at radius 1 is 1.32 bits per heavy atom. The van der Waals surface area contributed by atoms with Crippen molar-refractivity contribution in [2.24, 2.45) is 11.8 Å². The summed E-state index contributed by atoms with van der Waals surface area (Å²) in [5.41, 5.74) is 0. The molecule has 1 amide bonds. The number of hydrogen-bond acceptors (Lipinski definition) is 4. The fourth-order valence-electron chi connectivity index (χ4n) is 2.84. The van der Waals surface area contributed by atoms with Gasteiger partial charge in [-0.15, -0.1) is 0 Å². The predicted molar refractivity (Wildman–Crippen MR) is 68.9 cm³/mol. The molecule has 2 atom stereocenters. The maximum Gasteiger partial charge on any atom is 0.407 e. The molecule has 2 aliphatic rings. The van der Waals surface area contributed by atoms with Crippen molar-refractivity contribution in [2.75, 3.05) is 26.7 Å². The summed E-state index contributed by atoms with van der Waals surface area (Å²) in [5, 5.41) is 11.7. The SMILES string of the molecule is COC(=O)NC1CC(CC(=O)O)CN(CC2CC2)C1. The quantitative estimate of drug-likeness (QED) is 0.776. The first-order chi connectivity index (χ1) is 9.06. The Morgan fingerprint density at radius 2 is 2.05 bits per heavy atom. The van der Waals surface area contributed by atoms with Crippen LogP contribution in [0, 0.1) is 11.8 Å². The van der Waals surface area contributed by atoms with Crippen LogP contribution in [0.5, 0.6) is 0 Å². The van der Waals surface area contributed by atoms with E-state index in [1.165, 1.54) is 20.0 Å². The van der Waals surface area contributed by atoms with Gasteiger partial charge in [0.25, 0.3) is 0 Å². The predicted octanol–water partition coefficient (Wildman–Crippen LogP) is 0.918. The van der Waals surface area contributed by atoms with Crippen molar-refractivity contribution in [3.05, 3.63) is 0 Å². The number of carboxylic acids is 1. The third-order valence-electron chi connectivity index (χ3n) is 3.80. The van der Waals surface area contributed by atoms with E-state index in [1.807, 2.05) is 0 Å². The van der Waals surface area contributed by atoms with E-state index in [0.29, 0.717) is 6.42 Å². The molecule has 1 heterocycles. The molecule has 2 rings (SSSR count). The van der Waals surface area contributed by atoms with Gasteiger partial charge in [-0.25, -0.2) is 4.79 Å². The van der Waals surface area contributed by atoms with Crippen molar-refractivity contribution < 1.29 is 19.4 Å². The largest absolute Gasteiger partial charge is 0.481 e. The van der Waals surface area contributed by atoms with Crippen LogP contribution in [-0.4, -0.2) is 54.9 Å². The molecule has 1 saturated heterocycles. The average Bonchev–Trinajstić information content (AvgIpc) is 3.11. The molecule has 0 aromatic heterocycles. The number of likely N-dealkylation sites (tertiary alicyclic amines) is 1. The smallest absolute Gasteiger partial charge is 0.407 e. The zero-order valence-corrected chi connectivity index (χ0v) is 11.3. The van der Waals surface area contributed by atoms with Crippen molar-refractivity contribution >= 4 is 12.1 Å². The van der Waals surface area contributed by atoms with E-state index in [2.05, 4.69) is 15.0 Å². The maximum absolute atomic E-state index is 11.3. The second-order valence-electron chi connectivity index (χ2n) is 5.69. The molecule has 0 spiro atoms. The summed E-state index contributed by atoms with van der Waals surface area (Å²) < 4.78 is 4.61. The Hall–Kier alpha value is -1.30. The second kappa shape index (κ2) is 6.23. The third kappa shape index (κ3) is 4.70. The van der Waals surface area contributed by atoms with Crippen molar-refractivity contribution in [1.29, 1.82) is 0 Å². The van der Waals surface area contributed by atoms with Crippen molar-refractivity contribution in [1.82, 2.24) is 10.2 Å². The minimum absolute atomic E-state index is 0.00991. The number of nitrogens with one attached hydrogen (secondary N) is 1. The molecule has 2 fully saturated rings. The lowest BCUT2D eigenvalue weighted by molar-refractivity contribution is -0.138. The van der Waals surface area contributed by atoms with Gasteiger partial charge in [0, 0.05) is 32.1 Å². The number of carbonyl (C=O) groups excluding carboxylic acids is 1. The van der Waals surface area contributed by atoms with Crippen LogP contribution in [0.25, 0.3) is 0 Å². The average molecular weight is 270 g/mol. The summed E-state index contributed by atoms with van der Waals surface area (Å²) >= 11 is 0. The highest BCUT2D eigenvalue weighted by molar-refractivity contribution is 5.68. The van der Waals surface area contributed by atoms with Crippen LogP contribution >= 0.6 is 0 Å². The van der Waals surface area contributed by atoms with Gasteiger partial charge in [0.05, 0.1) is 7.11 Å². The van der Waals surface area contributed by atoms with Gasteiger partial charge in [-0.2, -0.15) is 0 Å². The van der Waals surface area contributed by atoms with E-state index in [4.69, 9.17) is 5.11 Å². The first-order valence-corrected chi connectivity index (χ1v) is 6.85. The Balaban J connectivity index is 1.89. The first kappa shape index (κ1) is 14.1. The highest BCUT2D eigenvalue weighted by Gasteiger charge is 2.33. The summed E-state index contributed by atoms with van der Waals surface area (Å²) in [6, 6.07) is -0.00991.